The normalized spacial score (nSPS) is 23.8. The molecule has 4 rings (SSSR count). The molecule has 0 saturated carbocycles. The Balaban J connectivity index is 1.76. The van der Waals surface area contributed by atoms with Gasteiger partial charge in [0.2, 0.25) is 5.91 Å². The molecule has 2 amide bonds. The highest BCUT2D eigenvalue weighted by atomic mass is 16.2. The highest BCUT2D eigenvalue weighted by Crippen LogP contribution is 2.52. The second-order valence-corrected chi connectivity index (χ2v) is 8.39. The third-order valence-electron chi connectivity index (χ3n) is 6.76. The van der Waals surface area contributed by atoms with Gasteiger partial charge < -0.3 is 16.0 Å². The van der Waals surface area contributed by atoms with Crippen molar-refractivity contribution in [3.8, 4) is 0 Å². The van der Waals surface area contributed by atoms with Gasteiger partial charge in [-0.2, -0.15) is 0 Å². The average molecular weight is 392 g/mol. The molecule has 0 spiro atoms. The Morgan fingerprint density at radius 1 is 1.07 bits per heavy atom. The van der Waals surface area contributed by atoms with Crippen LogP contribution >= 0.6 is 0 Å². The van der Waals surface area contributed by atoms with Crippen LogP contribution in [0, 0.1) is 13.8 Å². The summed E-state index contributed by atoms with van der Waals surface area (Å²) >= 11 is 0. The zero-order valence-corrected chi connectivity index (χ0v) is 17.2. The Morgan fingerprint density at radius 3 is 2.28 bits per heavy atom. The fraction of sp³-hybridized carbons (Fsp3) is 0.417. The predicted molar refractivity (Wildman–Crippen MR) is 113 cm³/mol. The van der Waals surface area contributed by atoms with E-state index in [1.807, 2.05) is 67.3 Å². The Bertz CT molecular complexity index is 897. The number of nitrogens with two attached hydrogens (primary N) is 1. The summed E-state index contributed by atoms with van der Waals surface area (Å²) in [6, 6.07) is 15.9. The lowest BCUT2D eigenvalue weighted by Gasteiger charge is -2.42. The first-order chi connectivity index (χ1) is 14.0. The zero-order chi connectivity index (χ0) is 20.6. The molecule has 2 aliphatic rings. The molecular formula is C24H29N3O2. The second-order valence-electron chi connectivity index (χ2n) is 8.39. The number of aryl methyl sites for hydroxylation is 2. The molecule has 1 unspecified atom stereocenters. The lowest BCUT2D eigenvalue weighted by Crippen LogP contribution is -2.55. The summed E-state index contributed by atoms with van der Waals surface area (Å²) < 4.78 is 0. The standard InChI is InChI=1S/C24H29N3O2/c1-16-7-6-8-17(2)21(16)23(29)26-22(18-9-4-3-5-10-18)24-13-11-19(12-14-24)27(24)20(28)15-25/h3-10,19,22H,11-15,25H2,1-2H3,(H,26,29). The van der Waals surface area contributed by atoms with Gasteiger partial charge in [-0.1, -0.05) is 48.5 Å². The van der Waals surface area contributed by atoms with E-state index in [4.69, 9.17) is 5.73 Å². The summed E-state index contributed by atoms with van der Waals surface area (Å²) in [6.45, 7) is 3.93. The van der Waals surface area contributed by atoms with Crippen LogP contribution in [0.2, 0.25) is 0 Å². The van der Waals surface area contributed by atoms with Crippen molar-refractivity contribution >= 4 is 11.8 Å². The lowest BCUT2D eigenvalue weighted by atomic mass is 9.78. The average Bonchev–Trinajstić information content (AvgIpc) is 3.28. The van der Waals surface area contributed by atoms with Gasteiger partial charge in [0.15, 0.2) is 0 Å². The van der Waals surface area contributed by atoms with Crippen LogP contribution in [0.3, 0.4) is 0 Å². The highest BCUT2D eigenvalue weighted by molar-refractivity contribution is 5.97. The monoisotopic (exact) mass is 391 g/mol. The number of nitrogens with one attached hydrogen (secondary N) is 1. The summed E-state index contributed by atoms with van der Waals surface area (Å²) in [5, 5.41) is 3.33. The van der Waals surface area contributed by atoms with Gasteiger partial charge in [-0.15, -0.1) is 0 Å². The third kappa shape index (κ3) is 3.23. The maximum Gasteiger partial charge on any atom is 0.252 e. The number of rotatable bonds is 5. The van der Waals surface area contributed by atoms with E-state index in [0.29, 0.717) is 5.56 Å². The van der Waals surface area contributed by atoms with Crippen molar-refractivity contribution < 1.29 is 9.59 Å². The van der Waals surface area contributed by atoms with Gasteiger partial charge in [0.25, 0.3) is 5.91 Å². The maximum atomic E-state index is 13.4. The summed E-state index contributed by atoms with van der Waals surface area (Å²) in [5.41, 5.74) is 9.01. The minimum atomic E-state index is -0.408. The van der Waals surface area contributed by atoms with E-state index in [1.165, 1.54) is 0 Å². The van der Waals surface area contributed by atoms with Crippen LogP contribution in [-0.2, 0) is 4.79 Å². The second kappa shape index (κ2) is 7.64. The highest BCUT2D eigenvalue weighted by Gasteiger charge is 2.58. The first kappa shape index (κ1) is 19.6. The SMILES string of the molecule is Cc1cccc(C)c1C(=O)NC(c1ccccc1)C12CCC(CC1)N2C(=O)CN. The van der Waals surface area contributed by atoms with Crippen molar-refractivity contribution in [3.05, 3.63) is 70.8 Å². The molecule has 152 valence electrons. The molecule has 0 aliphatic carbocycles. The molecule has 2 fully saturated rings. The largest absolute Gasteiger partial charge is 0.343 e. The molecular weight excluding hydrogens is 362 g/mol. The van der Waals surface area contributed by atoms with Crippen LogP contribution < -0.4 is 11.1 Å². The van der Waals surface area contributed by atoms with Crippen molar-refractivity contribution in [1.82, 2.24) is 10.2 Å². The minimum Gasteiger partial charge on any atom is -0.343 e. The van der Waals surface area contributed by atoms with E-state index in [1.54, 1.807) is 0 Å². The molecule has 3 N–H and O–H groups in total. The van der Waals surface area contributed by atoms with Crippen molar-refractivity contribution in [2.24, 2.45) is 5.73 Å². The first-order valence-electron chi connectivity index (χ1n) is 10.4. The molecule has 0 radical (unpaired) electrons. The fourth-order valence-corrected chi connectivity index (χ4v) is 5.49. The Morgan fingerprint density at radius 2 is 1.69 bits per heavy atom. The quantitative estimate of drug-likeness (QED) is 0.821. The molecule has 29 heavy (non-hydrogen) atoms. The van der Waals surface area contributed by atoms with E-state index >= 15 is 0 Å². The summed E-state index contributed by atoms with van der Waals surface area (Å²) in [4.78, 5) is 28.2. The topological polar surface area (TPSA) is 75.4 Å². The number of fused-ring (bicyclic) bond motifs is 2. The molecule has 2 bridgehead atoms. The van der Waals surface area contributed by atoms with Crippen LogP contribution in [0.25, 0.3) is 0 Å². The molecule has 2 aromatic carbocycles. The Labute approximate surface area is 172 Å². The molecule has 2 heterocycles. The van der Waals surface area contributed by atoms with Gasteiger partial charge in [-0.25, -0.2) is 0 Å². The summed E-state index contributed by atoms with van der Waals surface area (Å²) in [7, 11) is 0. The van der Waals surface area contributed by atoms with E-state index in [9.17, 15) is 9.59 Å². The number of amides is 2. The van der Waals surface area contributed by atoms with E-state index in [2.05, 4.69) is 5.32 Å². The van der Waals surface area contributed by atoms with Gasteiger partial charge in [0.1, 0.15) is 0 Å². The number of carbonyl (C=O) groups excluding carboxylic acids is 2. The zero-order valence-electron chi connectivity index (χ0n) is 17.2. The number of hydrogen-bond acceptors (Lipinski definition) is 3. The van der Waals surface area contributed by atoms with Gasteiger partial charge in [-0.3, -0.25) is 9.59 Å². The molecule has 5 heteroatoms. The molecule has 5 nitrogen and oxygen atoms in total. The van der Waals surface area contributed by atoms with E-state index < -0.39 is 5.54 Å². The van der Waals surface area contributed by atoms with Crippen LogP contribution in [-0.4, -0.2) is 34.8 Å². The lowest BCUT2D eigenvalue weighted by molar-refractivity contribution is -0.134. The number of benzene rings is 2. The van der Waals surface area contributed by atoms with Crippen molar-refractivity contribution in [2.45, 2.75) is 57.2 Å². The van der Waals surface area contributed by atoms with Crippen molar-refractivity contribution in [2.75, 3.05) is 6.54 Å². The number of hydrogen-bond donors (Lipinski definition) is 2. The summed E-state index contributed by atoms with van der Waals surface area (Å²) in [6.07, 6.45) is 3.70. The maximum absolute atomic E-state index is 13.4. The van der Waals surface area contributed by atoms with Crippen molar-refractivity contribution in [3.63, 3.8) is 0 Å². The number of nitrogens with zero attached hydrogens (tertiary/aromatic N) is 1. The van der Waals surface area contributed by atoms with E-state index in [-0.39, 0.29) is 30.4 Å². The molecule has 2 saturated heterocycles. The van der Waals surface area contributed by atoms with Crippen molar-refractivity contribution in [1.29, 1.82) is 0 Å². The van der Waals surface area contributed by atoms with Gasteiger partial charge in [-0.05, 0) is 56.2 Å². The minimum absolute atomic E-state index is 0.00457. The Kier molecular flexibility index (Phi) is 5.17. The van der Waals surface area contributed by atoms with Crippen LogP contribution in [0.5, 0.6) is 0 Å². The van der Waals surface area contributed by atoms with Gasteiger partial charge >= 0.3 is 0 Å². The molecule has 0 aromatic heterocycles. The predicted octanol–water partition coefficient (Wildman–Crippen LogP) is 3.26. The number of carbonyl (C=O) groups is 2. The van der Waals surface area contributed by atoms with Gasteiger partial charge in [0, 0.05) is 11.6 Å². The first-order valence-corrected chi connectivity index (χ1v) is 10.4. The summed E-state index contributed by atoms with van der Waals surface area (Å²) in [5.74, 6) is -0.105. The van der Waals surface area contributed by atoms with Crippen LogP contribution in [0.15, 0.2) is 48.5 Å². The van der Waals surface area contributed by atoms with E-state index in [0.717, 1.165) is 42.4 Å². The molecule has 2 aliphatic heterocycles. The molecule has 1 atom stereocenters. The third-order valence-corrected chi connectivity index (χ3v) is 6.76. The van der Waals surface area contributed by atoms with Crippen LogP contribution in [0.4, 0.5) is 0 Å². The smallest absolute Gasteiger partial charge is 0.252 e. The fourth-order valence-electron chi connectivity index (χ4n) is 5.49. The van der Waals surface area contributed by atoms with Crippen LogP contribution in [0.1, 0.15) is 58.8 Å². The molecule has 2 aromatic rings. The Hall–Kier alpha value is -2.66. The van der Waals surface area contributed by atoms with Gasteiger partial charge in [0.05, 0.1) is 18.1 Å².